The lowest BCUT2D eigenvalue weighted by Gasteiger charge is -2.32. The Hall–Kier alpha value is -3.51. The van der Waals surface area contributed by atoms with E-state index in [1.165, 1.54) is 33.6 Å². The second-order valence-corrected chi connectivity index (χ2v) is 19.1. The van der Waals surface area contributed by atoms with Gasteiger partial charge in [0.05, 0.1) is 18.8 Å². The SMILES string of the molecule is COCCN1CCCc2cc(C(=CC3(C=C(c4ccc(C)cc4)c4ccc5c(c4)CCCN5CCOC)OC(=O)c4c(Br)c(Br)c(Br)c(Br)c43)c3ccc(C)cc3)ccc21. The second-order valence-electron chi connectivity index (χ2n) is 15.9. The van der Waals surface area contributed by atoms with Gasteiger partial charge in [-0.05, 0) is 184 Å². The average molecular weight is 1060 g/mol. The lowest BCUT2D eigenvalue weighted by molar-refractivity contribution is 0.0298. The van der Waals surface area contributed by atoms with Crippen molar-refractivity contribution < 1.29 is 19.0 Å². The number of aryl methyl sites for hydroxylation is 4. The van der Waals surface area contributed by atoms with Crippen LogP contribution in [-0.4, -0.2) is 59.6 Å². The summed E-state index contributed by atoms with van der Waals surface area (Å²) in [6.07, 6.45) is 8.44. The van der Waals surface area contributed by atoms with E-state index in [1.807, 2.05) is 0 Å². The molecule has 0 unspecified atom stereocenters. The summed E-state index contributed by atoms with van der Waals surface area (Å²) in [7, 11) is 3.51. The number of carbonyl (C=O) groups is 1. The first-order chi connectivity index (χ1) is 29.0. The van der Waals surface area contributed by atoms with Gasteiger partial charge in [-0.15, -0.1) is 0 Å². The van der Waals surface area contributed by atoms with Crippen LogP contribution < -0.4 is 9.80 Å². The Kier molecular flexibility index (Phi) is 13.3. The number of rotatable bonds is 12. The molecule has 5 aromatic rings. The molecule has 0 bridgehead atoms. The van der Waals surface area contributed by atoms with Gasteiger partial charge in [0.25, 0.3) is 0 Å². The quantitative estimate of drug-likeness (QED) is 0.0705. The van der Waals surface area contributed by atoms with E-state index in [4.69, 9.17) is 14.2 Å². The molecule has 10 heteroatoms. The third-order valence-electron chi connectivity index (χ3n) is 11.9. The van der Waals surface area contributed by atoms with Crippen molar-refractivity contribution in [3.8, 4) is 0 Å². The van der Waals surface area contributed by atoms with Gasteiger partial charge in [-0.25, -0.2) is 4.79 Å². The summed E-state index contributed by atoms with van der Waals surface area (Å²) >= 11 is 15.4. The fourth-order valence-electron chi connectivity index (χ4n) is 8.81. The lowest BCUT2D eigenvalue weighted by atomic mass is 9.82. The fourth-order valence-corrected chi connectivity index (χ4v) is 11.4. The largest absolute Gasteiger partial charge is 0.442 e. The van der Waals surface area contributed by atoms with E-state index >= 15 is 0 Å². The third-order valence-corrected chi connectivity index (χ3v) is 16.7. The van der Waals surface area contributed by atoms with Crippen LogP contribution >= 0.6 is 63.7 Å². The van der Waals surface area contributed by atoms with Gasteiger partial charge in [0.2, 0.25) is 0 Å². The maximum Gasteiger partial charge on any atom is 0.341 e. The highest BCUT2D eigenvalue weighted by Gasteiger charge is 2.48. The molecule has 0 radical (unpaired) electrons. The Morgan fingerprint density at radius 2 is 1.07 bits per heavy atom. The summed E-state index contributed by atoms with van der Waals surface area (Å²) < 4.78 is 20.7. The molecule has 0 N–H and O–H groups in total. The molecule has 310 valence electrons. The number of benzene rings is 5. The molecule has 5 aromatic carbocycles. The number of methoxy groups -OCH3 is 2. The van der Waals surface area contributed by atoms with Crippen molar-refractivity contribution in [1.82, 2.24) is 0 Å². The van der Waals surface area contributed by atoms with Gasteiger partial charge in [-0.3, -0.25) is 0 Å². The second kappa shape index (κ2) is 18.5. The number of fused-ring (bicyclic) bond motifs is 3. The Labute approximate surface area is 387 Å². The molecule has 3 aliphatic rings. The average Bonchev–Trinajstić information content (AvgIpc) is 3.55. The van der Waals surface area contributed by atoms with E-state index in [-0.39, 0.29) is 0 Å². The molecular formula is C50H48Br4N2O4. The zero-order valence-corrected chi connectivity index (χ0v) is 40.7. The summed E-state index contributed by atoms with van der Waals surface area (Å²) in [5.41, 5.74) is 13.3. The number of nitrogens with zero attached hydrogens (tertiary/aromatic N) is 2. The summed E-state index contributed by atoms with van der Waals surface area (Å²) in [4.78, 5) is 19.4. The number of hydrogen-bond acceptors (Lipinski definition) is 6. The number of anilines is 2. The van der Waals surface area contributed by atoms with Crippen molar-refractivity contribution in [2.24, 2.45) is 0 Å². The molecule has 3 aliphatic heterocycles. The molecular weight excluding hydrogens is 1010 g/mol. The minimum absolute atomic E-state index is 0.414. The van der Waals surface area contributed by atoms with E-state index in [0.29, 0.717) is 23.2 Å². The van der Waals surface area contributed by atoms with Crippen LogP contribution in [0.1, 0.15) is 73.3 Å². The zero-order chi connectivity index (χ0) is 42.1. The van der Waals surface area contributed by atoms with Crippen molar-refractivity contribution in [1.29, 1.82) is 0 Å². The van der Waals surface area contributed by atoms with Crippen LogP contribution in [-0.2, 0) is 32.7 Å². The van der Waals surface area contributed by atoms with E-state index in [0.717, 1.165) is 104 Å². The van der Waals surface area contributed by atoms with Crippen LogP contribution in [0.2, 0.25) is 0 Å². The van der Waals surface area contributed by atoms with Crippen molar-refractivity contribution in [2.75, 3.05) is 63.4 Å². The molecule has 0 fully saturated rings. The maximum absolute atomic E-state index is 14.5. The summed E-state index contributed by atoms with van der Waals surface area (Å²) in [6.45, 7) is 9.23. The van der Waals surface area contributed by atoms with Gasteiger partial charge >= 0.3 is 5.97 Å². The monoisotopic (exact) mass is 1060 g/mol. The van der Waals surface area contributed by atoms with Crippen molar-refractivity contribution in [3.05, 3.63) is 171 Å². The highest BCUT2D eigenvalue weighted by atomic mass is 79.9. The molecule has 0 saturated heterocycles. The molecule has 0 spiro atoms. The fraction of sp³-hybridized carbons (Fsp3) is 0.300. The summed E-state index contributed by atoms with van der Waals surface area (Å²) in [5.74, 6) is -0.414. The summed E-state index contributed by atoms with van der Waals surface area (Å²) in [5, 5.41) is 0. The maximum atomic E-state index is 14.5. The van der Waals surface area contributed by atoms with Crippen LogP contribution in [0.25, 0.3) is 11.1 Å². The van der Waals surface area contributed by atoms with E-state index in [9.17, 15) is 4.79 Å². The number of halogens is 4. The topological polar surface area (TPSA) is 51.2 Å². The van der Waals surface area contributed by atoms with E-state index in [2.05, 4.69) is 184 Å². The molecule has 0 aromatic heterocycles. The molecule has 0 amide bonds. The van der Waals surface area contributed by atoms with Crippen LogP contribution in [0.15, 0.2) is 115 Å². The minimum atomic E-state index is -1.36. The molecule has 8 rings (SSSR count). The number of esters is 1. The predicted molar refractivity (Wildman–Crippen MR) is 259 cm³/mol. The Balaban J connectivity index is 1.42. The molecule has 6 nitrogen and oxygen atoms in total. The number of carbonyl (C=O) groups excluding carboxylic acids is 1. The van der Waals surface area contributed by atoms with Crippen molar-refractivity contribution in [3.63, 3.8) is 0 Å². The number of ether oxygens (including phenoxy) is 3. The van der Waals surface area contributed by atoms with Crippen LogP contribution in [0, 0.1) is 13.8 Å². The first kappa shape index (κ1) is 43.2. The molecule has 60 heavy (non-hydrogen) atoms. The Morgan fingerprint density at radius 3 is 1.52 bits per heavy atom. The van der Waals surface area contributed by atoms with Crippen LogP contribution in [0.4, 0.5) is 11.4 Å². The molecule has 0 saturated carbocycles. The van der Waals surface area contributed by atoms with Crippen molar-refractivity contribution >= 4 is 92.2 Å². The third kappa shape index (κ3) is 8.49. The minimum Gasteiger partial charge on any atom is -0.442 e. The smallest absolute Gasteiger partial charge is 0.341 e. The van der Waals surface area contributed by atoms with Crippen LogP contribution in [0.3, 0.4) is 0 Å². The molecule has 3 heterocycles. The predicted octanol–water partition coefficient (Wildman–Crippen LogP) is 12.8. The highest BCUT2D eigenvalue weighted by molar-refractivity contribution is 9.15. The standard InChI is InChI=1S/C50H48Br4N2O4/c1-31-9-13-33(14-10-31)39(35-17-19-41-37(27-35)7-5-21-55(41)23-25-58-3)29-50(44-43(49(57)60-50)45(51)47(53)48(54)46(44)52)30-40(34-15-11-32(2)12-16-34)36-18-20-42-38(28-36)8-6-22-56(42)24-26-59-4/h9-20,27-30H,5-8,21-26H2,1-4H3. The van der Waals surface area contributed by atoms with Gasteiger partial charge in [-0.2, -0.15) is 0 Å². The van der Waals surface area contributed by atoms with E-state index < -0.39 is 11.6 Å². The number of hydrogen-bond donors (Lipinski definition) is 0. The normalized spacial score (nSPS) is 17.7. The Morgan fingerprint density at radius 1 is 0.633 bits per heavy atom. The summed E-state index contributed by atoms with van der Waals surface area (Å²) in [6, 6.07) is 30.8. The van der Waals surface area contributed by atoms with Gasteiger partial charge in [-0.1, -0.05) is 71.8 Å². The van der Waals surface area contributed by atoms with Gasteiger partial charge < -0.3 is 24.0 Å². The van der Waals surface area contributed by atoms with Gasteiger partial charge in [0, 0.05) is 75.2 Å². The number of cyclic esters (lactones) is 1. The zero-order valence-electron chi connectivity index (χ0n) is 34.3. The Bertz CT molecular complexity index is 2370. The lowest BCUT2D eigenvalue weighted by Crippen LogP contribution is -2.32. The highest BCUT2D eigenvalue weighted by Crippen LogP contribution is 2.54. The first-order valence-electron chi connectivity index (χ1n) is 20.5. The molecule has 0 aliphatic carbocycles. The molecule has 0 atom stereocenters. The van der Waals surface area contributed by atoms with Gasteiger partial charge in [0.1, 0.15) is 0 Å². The van der Waals surface area contributed by atoms with E-state index in [1.54, 1.807) is 14.2 Å². The van der Waals surface area contributed by atoms with Crippen molar-refractivity contribution in [2.45, 2.75) is 45.1 Å². The van der Waals surface area contributed by atoms with Gasteiger partial charge in [0.15, 0.2) is 5.60 Å². The van der Waals surface area contributed by atoms with Crippen LogP contribution in [0.5, 0.6) is 0 Å². The first-order valence-corrected chi connectivity index (χ1v) is 23.6.